The summed E-state index contributed by atoms with van der Waals surface area (Å²) < 4.78 is 12.1. The van der Waals surface area contributed by atoms with E-state index >= 15 is 0 Å². The summed E-state index contributed by atoms with van der Waals surface area (Å²) in [7, 11) is 0. The van der Waals surface area contributed by atoms with Gasteiger partial charge < -0.3 is 15.2 Å². The van der Waals surface area contributed by atoms with Gasteiger partial charge in [0.05, 0.1) is 12.2 Å². The smallest absolute Gasteiger partial charge is 0.267 e. The number of benzene rings is 2. The summed E-state index contributed by atoms with van der Waals surface area (Å²) in [6, 6.07) is 14.1. The number of carbonyl (C=O) groups excluding carboxylic acids is 2. The van der Waals surface area contributed by atoms with Gasteiger partial charge in [-0.15, -0.1) is 0 Å². The second kappa shape index (κ2) is 8.16. The van der Waals surface area contributed by atoms with Crippen LogP contribution in [-0.2, 0) is 0 Å². The Morgan fingerprint density at radius 1 is 1.13 bits per heavy atom. The van der Waals surface area contributed by atoms with Gasteiger partial charge in [0.15, 0.2) is 11.9 Å². The number of amides is 1. The lowest BCUT2D eigenvalue weighted by atomic mass is 10.00. The van der Waals surface area contributed by atoms with Gasteiger partial charge >= 0.3 is 0 Å². The first kappa shape index (κ1) is 19.9. The predicted octanol–water partition coefficient (Wildman–Crippen LogP) is 4.28. The second-order valence-corrected chi connectivity index (χ2v) is 7.41. The molecule has 0 aliphatic carbocycles. The van der Waals surface area contributed by atoms with Gasteiger partial charge in [0.1, 0.15) is 17.2 Å². The van der Waals surface area contributed by atoms with Crippen LogP contribution in [0.2, 0.25) is 5.02 Å². The van der Waals surface area contributed by atoms with Gasteiger partial charge in [-0.2, -0.15) is 0 Å². The highest BCUT2D eigenvalue weighted by molar-refractivity contribution is 6.30. The van der Waals surface area contributed by atoms with Crippen molar-refractivity contribution in [3.8, 4) is 11.5 Å². The zero-order chi connectivity index (χ0) is 21.3. The molecular formula is C23H19ClN2O4. The minimum atomic E-state index is -0.599. The van der Waals surface area contributed by atoms with Gasteiger partial charge in [0.2, 0.25) is 0 Å². The summed E-state index contributed by atoms with van der Waals surface area (Å²) >= 11 is 6.04. The summed E-state index contributed by atoms with van der Waals surface area (Å²) in [5.74, 6) is 0.604. The lowest BCUT2D eigenvalue weighted by Gasteiger charge is -2.24. The number of ether oxygens (including phenoxy) is 2. The van der Waals surface area contributed by atoms with Crippen LogP contribution in [0.4, 0.5) is 0 Å². The molecule has 6 nitrogen and oxygen atoms in total. The Hall–Kier alpha value is -3.38. The van der Waals surface area contributed by atoms with Crippen LogP contribution in [0.5, 0.6) is 11.5 Å². The fourth-order valence-corrected chi connectivity index (χ4v) is 3.51. The van der Waals surface area contributed by atoms with Crippen LogP contribution in [0.3, 0.4) is 0 Å². The molecular weight excluding hydrogens is 404 g/mol. The molecule has 1 aliphatic rings. The van der Waals surface area contributed by atoms with Crippen LogP contribution in [-0.4, -0.2) is 23.3 Å². The topological polar surface area (TPSA) is 91.5 Å². The third-order valence-electron chi connectivity index (χ3n) is 4.99. The number of nitrogens with zero attached hydrogens (tertiary/aromatic N) is 1. The van der Waals surface area contributed by atoms with E-state index in [4.69, 9.17) is 26.8 Å². The highest BCUT2D eigenvalue weighted by Crippen LogP contribution is 2.38. The van der Waals surface area contributed by atoms with Gasteiger partial charge in [-0.05, 0) is 42.8 Å². The van der Waals surface area contributed by atoms with Crippen molar-refractivity contribution in [2.45, 2.75) is 19.4 Å². The normalized spacial score (nSPS) is 13.9. The summed E-state index contributed by atoms with van der Waals surface area (Å²) in [5.41, 5.74) is 8.37. The third kappa shape index (κ3) is 3.86. The quantitative estimate of drug-likeness (QED) is 0.662. The number of rotatable bonds is 5. The Morgan fingerprint density at radius 3 is 2.53 bits per heavy atom. The maximum absolute atomic E-state index is 12.2. The van der Waals surface area contributed by atoms with E-state index in [9.17, 15) is 9.59 Å². The number of Topliss-reactive ketones (excluding diaryl/α,β-unsaturated/α-hetero) is 1. The molecule has 0 radical (unpaired) electrons. The molecule has 152 valence electrons. The first-order chi connectivity index (χ1) is 14.4. The Morgan fingerprint density at radius 2 is 1.87 bits per heavy atom. The molecule has 30 heavy (non-hydrogen) atoms. The molecule has 1 unspecified atom stereocenters. The largest absolute Gasteiger partial charge is 0.492 e. The zero-order valence-electron chi connectivity index (χ0n) is 16.2. The standard InChI is InChI=1S/C23H19ClN2O4/c1-13-20(9-7-17-19(27)10-11-29-21(13)17)30-22(14-2-5-16(24)6-3-14)15-4-8-18(23(25)28)26-12-15/h2-9,12,22H,10-11H2,1H3,(H2,25,28). The summed E-state index contributed by atoms with van der Waals surface area (Å²) in [6.07, 6.45) is 1.41. The van der Waals surface area contributed by atoms with E-state index in [1.807, 2.05) is 19.1 Å². The molecule has 0 spiro atoms. The van der Waals surface area contributed by atoms with Gasteiger partial charge in [-0.25, -0.2) is 0 Å². The van der Waals surface area contributed by atoms with Gasteiger partial charge in [-0.1, -0.05) is 29.8 Å². The van der Waals surface area contributed by atoms with E-state index < -0.39 is 12.0 Å². The van der Waals surface area contributed by atoms with Crippen molar-refractivity contribution in [2.75, 3.05) is 6.61 Å². The predicted molar refractivity (Wildman–Crippen MR) is 112 cm³/mol. The summed E-state index contributed by atoms with van der Waals surface area (Å²) in [6.45, 7) is 2.22. The number of carbonyl (C=O) groups is 2. The minimum Gasteiger partial charge on any atom is -0.492 e. The van der Waals surface area contributed by atoms with Crippen LogP contribution in [0.1, 0.15) is 50.1 Å². The average Bonchev–Trinajstić information content (AvgIpc) is 2.75. The lowest BCUT2D eigenvalue weighted by Crippen LogP contribution is -2.17. The van der Waals surface area contributed by atoms with Crippen LogP contribution in [0.15, 0.2) is 54.7 Å². The molecule has 3 aromatic rings. The molecule has 1 amide bonds. The van der Waals surface area contributed by atoms with Crippen LogP contribution >= 0.6 is 11.6 Å². The van der Waals surface area contributed by atoms with Crippen molar-refractivity contribution in [3.05, 3.63) is 87.7 Å². The second-order valence-electron chi connectivity index (χ2n) is 6.98. The number of hydrogen-bond acceptors (Lipinski definition) is 5. The van der Waals surface area contributed by atoms with Gasteiger partial charge in [0.25, 0.3) is 5.91 Å². The van der Waals surface area contributed by atoms with Crippen molar-refractivity contribution in [2.24, 2.45) is 5.73 Å². The highest BCUT2D eigenvalue weighted by atomic mass is 35.5. The van der Waals surface area contributed by atoms with E-state index in [0.29, 0.717) is 35.1 Å². The number of pyridine rings is 1. The van der Waals surface area contributed by atoms with E-state index in [1.165, 1.54) is 0 Å². The first-order valence-electron chi connectivity index (χ1n) is 9.41. The Labute approximate surface area is 178 Å². The molecule has 1 aromatic heterocycles. The van der Waals surface area contributed by atoms with Crippen LogP contribution in [0, 0.1) is 6.92 Å². The van der Waals surface area contributed by atoms with Crippen molar-refractivity contribution < 1.29 is 19.1 Å². The van der Waals surface area contributed by atoms with Gasteiger partial charge in [-0.3, -0.25) is 14.6 Å². The van der Waals surface area contributed by atoms with Crippen LogP contribution < -0.4 is 15.2 Å². The summed E-state index contributed by atoms with van der Waals surface area (Å²) in [4.78, 5) is 27.7. The van der Waals surface area contributed by atoms with E-state index in [2.05, 4.69) is 4.98 Å². The molecule has 0 saturated carbocycles. The third-order valence-corrected chi connectivity index (χ3v) is 5.24. The molecule has 2 N–H and O–H groups in total. The van der Waals surface area contributed by atoms with Gasteiger partial charge in [0, 0.05) is 28.8 Å². The first-order valence-corrected chi connectivity index (χ1v) is 9.79. The highest BCUT2D eigenvalue weighted by Gasteiger charge is 2.24. The monoisotopic (exact) mass is 422 g/mol. The number of primary amides is 1. The molecule has 0 fully saturated rings. The molecule has 0 bridgehead atoms. The molecule has 1 atom stereocenters. The Kier molecular flexibility index (Phi) is 5.42. The van der Waals surface area contributed by atoms with Crippen molar-refractivity contribution in [1.29, 1.82) is 0 Å². The Bertz CT molecular complexity index is 1110. The average molecular weight is 423 g/mol. The van der Waals surface area contributed by atoms with Crippen molar-refractivity contribution >= 4 is 23.3 Å². The fourth-order valence-electron chi connectivity index (χ4n) is 3.39. The van der Waals surface area contributed by atoms with Crippen molar-refractivity contribution in [1.82, 2.24) is 4.98 Å². The maximum atomic E-state index is 12.2. The molecule has 1 aliphatic heterocycles. The number of ketones is 1. The number of fused-ring (bicyclic) bond motifs is 1. The number of nitrogens with two attached hydrogens (primary N) is 1. The maximum Gasteiger partial charge on any atom is 0.267 e. The molecule has 2 heterocycles. The molecule has 7 heteroatoms. The van der Waals surface area contributed by atoms with E-state index in [1.54, 1.807) is 42.6 Å². The Balaban J connectivity index is 1.74. The lowest BCUT2D eigenvalue weighted by molar-refractivity contribution is 0.0931. The summed E-state index contributed by atoms with van der Waals surface area (Å²) in [5, 5.41) is 0.608. The van der Waals surface area contributed by atoms with Crippen LogP contribution in [0.25, 0.3) is 0 Å². The van der Waals surface area contributed by atoms with Crippen molar-refractivity contribution in [3.63, 3.8) is 0 Å². The number of halogens is 1. The van der Waals surface area contributed by atoms with E-state index in [0.717, 1.165) is 16.7 Å². The zero-order valence-corrected chi connectivity index (χ0v) is 17.0. The molecule has 2 aromatic carbocycles. The molecule has 0 saturated heterocycles. The minimum absolute atomic E-state index is 0.0615. The number of aromatic nitrogens is 1. The number of hydrogen-bond donors (Lipinski definition) is 1. The SMILES string of the molecule is Cc1c(OC(c2ccc(Cl)cc2)c2ccc(C(N)=O)nc2)ccc2c1OCCC2=O. The fraction of sp³-hybridized carbons (Fsp3) is 0.174. The van der Waals surface area contributed by atoms with E-state index in [-0.39, 0.29) is 11.5 Å². The molecule has 4 rings (SSSR count).